The molecule has 1 unspecified atom stereocenters. The van der Waals surface area contributed by atoms with Crippen LogP contribution in [0, 0.1) is 0 Å². The van der Waals surface area contributed by atoms with E-state index in [1.807, 2.05) is 6.07 Å². The predicted octanol–water partition coefficient (Wildman–Crippen LogP) is 2.46. The third-order valence-corrected chi connectivity index (χ3v) is 3.33. The lowest BCUT2D eigenvalue weighted by molar-refractivity contribution is 0.555. The van der Waals surface area contributed by atoms with Crippen LogP contribution in [-0.2, 0) is 6.54 Å². The number of benzene rings is 2. The van der Waals surface area contributed by atoms with Crippen molar-refractivity contribution >= 4 is 0 Å². The molecule has 2 aromatic rings. The molecule has 3 rings (SSSR count). The van der Waals surface area contributed by atoms with Crippen molar-refractivity contribution in [1.29, 1.82) is 0 Å². The van der Waals surface area contributed by atoms with Gasteiger partial charge in [0.1, 0.15) is 0 Å². The fourth-order valence-corrected chi connectivity index (χ4v) is 2.40. The Hall–Kier alpha value is -1.64. The van der Waals surface area contributed by atoms with Crippen LogP contribution in [-0.4, -0.2) is 6.54 Å². The largest absolute Gasteiger partial charge is 0.323 e. The lowest BCUT2D eigenvalue weighted by Gasteiger charge is -2.23. The average Bonchev–Trinajstić information content (AvgIpc) is 2.40. The zero-order chi connectivity index (χ0) is 11.7. The SMILES string of the molecule is NC1CNCc2cc(-c3ccccc3)ccc21. The monoisotopic (exact) mass is 224 g/mol. The third kappa shape index (κ3) is 1.97. The first-order chi connectivity index (χ1) is 8.34. The average molecular weight is 224 g/mol. The fourth-order valence-electron chi connectivity index (χ4n) is 2.40. The standard InChI is InChI=1S/C15H16N2/c16-15-10-17-9-13-8-12(6-7-14(13)15)11-4-2-1-3-5-11/h1-8,15,17H,9-10,16H2. The number of nitrogens with two attached hydrogens (primary N) is 1. The number of rotatable bonds is 1. The maximum Gasteiger partial charge on any atom is 0.0425 e. The second-order valence-electron chi connectivity index (χ2n) is 4.52. The van der Waals surface area contributed by atoms with Crippen LogP contribution in [0.3, 0.4) is 0 Å². The lowest BCUT2D eigenvalue weighted by atomic mass is 9.93. The summed E-state index contributed by atoms with van der Waals surface area (Å²) in [5.74, 6) is 0. The van der Waals surface area contributed by atoms with Gasteiger partial charge in [0.25, 0.3) is 0 Å². The quantitative estimate of drug-likeness (QED) is 0.781. The van der Waals surface area contributed by atoms with Gasteiger partial charge in [-0.3, -0.25) is 0 Å². The summed E-state index contributed by atoms with van der Waals surface area (Å²) in [6.07, 6.45) is 0. The van der Waals surface area contributed by atoms with Crippen LogP contribution in [0.5, 0.6) is 0 Å². The topological polar surface area (TPSA) is 38.0 Å². The van der Waals surface area contributed by atoms with Crippen molar-refractivity contribution < 1.29 is 0 Å². The van der Waals surface area contributed by atoms with Gasteiger partial charge in [0.2, 0.25) is 0 Å². The van der Waals surface area contributed by atoms with Gasteiger partial charge >= 0.3 is 0 Å². The number of fused-ring (bicyclic) bond motifs is 1. The Bertz CT molecular complexity index is 520. The van der Waals surface area contributed by atoms with E-state index in [2.05, 4.69) is 47.8 Å². The zero-order valence-electron chi connectivity index (χ0n) is 9.69. The second-order valence-corrected chi connectivity index (χ2v) is 4.52. The molecule has 3 N–H and O–H groups in total. The molecule has 2 heteroatoms. The molecule has 0 saturated carbocycles. The Morgan fingerprint density at radius 1 is 1.00 bits per heavy atom. The van der Waals surface area contributed by atoms with E-state index in [9.17, 15) is 0 Å². The van der Waals surface area contributed by atoms with Crippen LogP contribution in [0.1, 0.15) is 17.2 Å². The minimum Gasteiger partial charge on any atom is -0.323 e. The van der Waals surface area contributed by atoms with Crippen molar-refractivity contribution in [1.82, 2.24) is 5.32 Å². The summed E-state index contributed by atoms with van der Waals surface area (Å²) in [6, 6.07) is 17.2. The van der Waals surface area contributed by atoms with Gasteiger partial charge < -0.3 is 11.1 Å². The molecule has 0 amide bonds. The molecule has 0 bridgehead atoms. The first-order valence-electron chi connectivity index (χ1n) is 5.99. The smallest absolute Gasteiger partial charge is 0.0425 e. The van der Waals surface area contributed by atoms with E-state index in [-0.39, 0.29) is 6.04 Å². The molecule has 1 aliphatic heterocycles. The minimum atomic E-state index is 0.128. The highest BCUT2D eigenvalue weighted by Gasteiger charge is 2.16. The Labute approximate surface area is 101 Å². The van der Waals surface area contributed by atoms with Crippen molar-refractivity contribution in [2.24, 2.45) is 5.73 Å². The van der Waals surface area contributed by atoms with Crippen molar-refractivity contribution in [3.05, 3.63) is 59.7 Å². The summed E-state index contributed by atoms with van der Waals surface area (Å²) in [4.78, 5) is 0. The van der Waals surface area contributed by atoms with Crippen LogP contribution in [0.15, 0.2) is 48.5 Å². The minimum absolute atomic E-state index is 0.128. The van der Waals surface area contributed by atoms with Crippen LogP contribution in [0.4, 0.5) is 0 Å². The van der Waals surface area contributed by atoms with Gasteiger partial charge in [0, 0.05) is 19.1 Å². The molecular weight excluding hydrogens is 208 g/mol. The molecule has 0 aromatic heterocycles. The molecule has 86 valence electrons. The molecule has 0 radical (unpaired) electrons. The maximum atomic E-state index is 6.07. The summed E-state index contributed by atoms with van der Waals surface area (Å²) < 4.78 is 0. The van der Waals surface area contributed by atoms with Gasteiger partial charge in [-0.25, -0.2) is 0 Å². The molecular formula is C15H16N2. The van der Waals surface area contributed by atoms with Crippen molar-refractivity contribution in [2.45, 2.75) is 12.6 Å². The van der Waals surface area contributed by atoms with Crippen LogP contribution in [0.2, 0.25) is 0 Å². The van der Waals surface area contributed by atoms with Crippen LogP contribution < -0.4 is 11.1 Å². The molecule has 0 spiro atoms. The summed E-state index contributed by atoms with van der Waals surface area (Å²) in [7, 11) is 0. The number of hydrogen-bond acceptors (Lipinski definition) is 2. The summed E-state index contributed by atoms with van der Waals surface area (Å²) in [5, 5.41) is 3.34. The first-order valence-corrected chi connectivity index (χ1v) is 5.99. The maximum absolute atomic E-state index is 6.07. The number of nitrogens with one attached hydrogen (secondary N) is 1. The predicted molar refractivity (Wildman–Crippen MR) is 70.5 cm³/mol. The van der Waals surface area contributed by atoms with Gasteiger partial charge in [-0.05, 0) is 28.3 Å². The van der Waals surface area contributed by atoms with Crippen molar-refractivity contribution in [3.8, 4) is 11.1 Å². The Morgan fingerprint density at radius 3 is 2.65 bits per heavy atom. The van der Waals surface area contributed by atoms with Gasteiger partial charge in [0.15, 0.2) is 0 Å². The molecule has 0 fully saturated rings. The Morgan fingerprint density at radius 2 is 1.82 bits per heavy atom. The van der Waals surface area contributed by atoms with Gasteiger partial charge in [-0.2, -0.15) is 0 Å². The normalized spacial score (nSPS) is 18.8. The van der Waals surface area contributed by atoms with E-state index >= 15 is 0 Å². The number of hydrogen-bond donors (Lipinski definition) is 2. The highest BCUT2D eigenvalue weighted by molar-refractivity contribution is 5.65. The Balaban J connectivity index is 2.04. The zero-order valence-corrected chi connectivity index (χ0v) is 9.69. The Kier molecular flexibility index (Phi) is 2.67. The fraction of sp³-hybridized carbons (Fsp3) is 0.200. The van der Waals surface area contributed by atoms with E-state index in [0.29, 0.717) is 0 Å². The summed E-state index contributed by atoms with van der Waals surface area (Å²) in [5.41, 5.74) is 11.2. The van der Waals surface area contributed by atoms with Crippen molar-refractivity contribution in [3.63, 3.8) is 0 Å². The van der Waals surface area contributed by atoms with Crippen LogP contribution >= 0.6 is 0 Å². The van der Waals surface area contributed by atoms with Gasteiger partial charge in [-0.1, -0.05) is 42.5 Å². The van der Waals surface area contributed by atoms with Crippen LogP contribution in [0.25, 0.3) is 11.1 Å². The van der Waals surface area contributed by atoms with E-state index in [4.69, 9.17) is 5.73 Å². The van der Waals surface area contributed by atoms with Gasteiger partial charge in [-0.15, -0.1) is 0 Å². The molecule has 0 saturated heterocycles. The molecule has 17 heavy (non-hydrogen) atoms. The lowest BCUT2D eigenvalue weighted by Crippen LogP contribution is -2.32. The van der Waals surface area contributed by atoms with E-state index in [1.54, 1.807) is 0 Å². The molecule has 1 aliphatic rings. The highest BCUT2D eigenvalue weighted by Crippen LogP contribution is 2.26. The van der Waals surface area contributed by atoms with E-state index in [1.165, 1.54) is 22.3 Å². The van der Waals surface area contributed by atoms with Gasteiger partial charge in [0.05, 0.1) is 0 Å². The molecule has 1 atom stereocenters. The summed E-state index contributed by atoms with van der Waals surface area (Å²) in [6.45, 7) is 1.79. The molecule has 1 heterocycles. The highest BCUT2D eigenvalue weighted by atomic mass is 14.9. The third-order valence-electron chi connectivity index (χ3n) is 3.33. The van der Waals surface area contributed by atoms with Crippen molar-refractivity contribution in [2.75, 3.05) is 6.54 Å². The summed E-state index contributed by atoms with van der Waals surface area (Å²) >= 11 is 0. The molecule has 0 aliphatic carbocycles. The van der Waals surface area contributed by atoms with E-state index < -0.39 is 0 Å². The van der Waals surface area contributed by atoms with E-state index in [0.717, 1.165) is 13.1 Å². The molecule has 2 nitrogen and oxygen atoms in total. The molecule has 2 aromatic carbocycles. The first kappa shape index (κ1) is 10.5. The second kappa shape index (κ2) is 4.32.